The van der Waals surface area contributed by atoms with E-state index in [4.69, 9.17) is 14.2 Å². The Kier molecular flexibility index (Phi) is 5.43. The Morgan fingerprint density at radius 3 is 2.38 bits per heavy atom. The number of rotatable bonds is 8. The van der Waals surface area contributed by atoms with E-state index < -0.39 is 17.1 Å². The molecule has 200 valence electrons. The second kappa shape index (κ2) is 8.94. The average molecular weight is 522 g/mol. The Bertz CT molecular complexity index is 1400. The highest BCUT2D eigenvalue weighted by Gasteiger charge is 2.74. The van der Waals surface area contributed by atoms with Gasteiger partial charge in [0.25, 0.3) is 0 Å². The summed E-state index contributed by atoms with van der Waals surface area (Å²) in [6, 6.07) is 25.2. The molecule has 3 aromatic rings. The maximum absolute atomic E-state index is 13.7. The van der Waals surface area contributed by atoms with Gasteiger partial charge in [-0.2, -0.15) is 0 Å². The molecule has 2 aliphatic heterocycles. The van der Waals surface area contributed by atoms with Crippen LogP contribution in [-0.4, -0.2) is 41.5 Å². The molecule has 5 nitrogen and oxygen atoms in total. The Labute approximate surface area is 230 Å². The topological polar surface area (TPSA) is 48.0 Å². The zero-order valence-corrected chi connectivity index (χ0v) is 22.3. The summed E-state index contributed by atoms with van der Waals surface area (Å²) in [4.78, 5) is 16.4. The van der Waals surface area contributed by atoms with Crippen molar-refractivity contribution in [2.75, 3.05) is 13.1 Å². The first-order chi connectivity index (χ1) is 19.2. The van der Waals surface area contributed by atoms with Gasteiger partial charge in [-0.05, 0) is 67.3 Å². The molecule has 3 aliphatic carbocycles. The lowest BCUT2D eigenvalue weighted by Crippen LogP contribution is -2.77. The molecule has 2 bridgehead atoms. The van der Waals surface area contributed by atoms with Crippen molar-refractivity contribution in [1.29, 1.82) is 0 Å². The van der Waals surface area contributed by atoms with E-state index in [9.17, 15) is 4.79 Å². The van der Waals surface area contributed by atoms with Gasteiger partial charge in [-0.25, -0.2) is 0 Å². The minimum atomic E-state index is -0.511. The Morgan fingerprint density at radius 2 is 1.64 bits per heavy atom. The van der Waals surface area contributed by atoms with Gasteiger partial charge < -0.3 is 14.2 Å². The summed E-state index contributed by atoms with van der Waals surface area (Å²) in [6.45, 7) is 3.14. The minimum absolute atomic E-state index is 0.210. The van der Waals surface area contributed by atoms with Crippen molar-refractivity contribution in [3.05, 3.63) is 95.1 Å². The van der Waals surface area contributed by atoms with Crippen LogP contribution in [0.2, 0.25) is 0 Å². The van der Waals surface area contributed by atoms with Crippen molar-refractivity contribution in [1.82, 2.24) is 4.90 Å². The molecule has 3 aromatic carbocycles. The molecule has 1 spiro atoms. The van der Waals surface area contributed by atoms with Crippen molar-refractivity contribution in [2.45, 2.75) is 74.9 Å². The third-order valence-electron chi connectivity index (χ3n) is 10.1. The summed E-state index contributed by atoms with van der Waals surface area (Å²) < 4.78 is 20.3. The second-order valence-electron chi connectivity index (χ2n) is 12.2. The third-order valence-corrected chi connectivity index (χ3v) is 10.1. The fraction of sp³-hybridized carbons (Fsp3) is 0.441. The molecule has 0 radical (unpaired) electrons. The zero-order chi connectivity index (χ0) is 26.0. The van der Waals surface area contributed by atoms with E-state index in [0.717, 1.165) is 55.3 Å². The first-order valence-corrected chi connectivity index (χ1v) is 14.6. The Morgan fingerprint density at radius 1 is 0.897 bits per heavy atom. The number of hydrogen-bond acceptors (Lipinski definition) is 5. The van der Waals surface area contributed by atoms with Crippen LogP contribution in [0.5, 0.6) is 11.5 Å². The monoisotopic (exact) mass is 521 g/mol. The molecule has 0 amide bonds. The van der Waals surface area contributed by atoms with Crippen molar-refractivity contribution in [3.8, 4) is 11.5 Å². The first-order valence-electron chi connectivity index (χ1n) is 14.6. The molecule has 4 atom stereocenters. The van der Waals surface area contributed by atoms with Crippen LogP contribution < -0.4 is 9.47 Å². The number of piperidine rings is 1. The highest BCUT2D eigenvalue weighted by Crippen LogP contribution is 2.66. The van der Waals surface area contributed by atoms with Crippen molar-refractivity contribution in [3.63, 3.8) is 0 Å². The smallest absolute Gasteiger partial charge is 0.174 e. The molecule has 5 aliphatic rings. The molecule has 2 saturated carbocycles. The highest BCUT2D eigenvalue weighted by molar-refractivity contribution is 5.90. The number of ketones is 1. The Hall–Kier alpha value is -3.15. The largest absolute Gasteiger partial charge is 0.485 e. The van der Waals surface area contributed by atoms with E-state index in [1.54, 1.807) is 0 Å². The molecule has 3 fully saturated rings. The van der Waals surface area contributed by atoms with Crippen LogP contribution in [-0.2, 0) is 34.6 Å². The number of hydrogen-bond donors (Lipinski definition) is 0. The van der Waals surface area contributed by atoms with Crippen molar-refractivity contribution >= 4 is 5.78 Å². The maximum Gasteiger partial charge on any atom is 0.174 e. The van der Waals surface area contributed by atoms with E-state index in [-0.39, 0.29) is 11.8 Å². The number of ether oxygens (including phenoxy) is 3. The minimum Gasteiger partial charge on any atom is -0.485 e. The quantitative estimate of drug-likeness (QED) is 0.385. The van der Waals surface area contributed by atoms with Gasteiger partial charge in [0.1, 0.15) is 6.61 Å². The van der Waals surface area contributed by atoms with Crippen LogP contribution in [0.4, 0.5) is 0 Å². The van der Waals surface area contributed by atoms with Gasteiger partial charge in [0.15, 0.2) is 23.4 Å². The summed E-state index contributed by atoms with van der Waals surface area (Å²) in [5.41, 5.74) is 3.84. The number of benzene rings is 3. The number of Topliss-reactive ketones (excluding diaryl/α,β-unsaturated/α-hetero) is 1. The number of likely N-dealkylation sites (tertiary alicyclic amines) is 1. The zero-order valence-electron chi connectivity index (χ0n) is 22.3. The summed E-state index contributed by atoms with van der Waals surface area (Å²) in [6.07, 6.45) is 5.21. The molecule has 5 heteroatoms. The summed E-state index contributed by atoms with van der Waals surface area (Å²) in [5, 5.41) is 0. The third kappa shape index (κ3) is 3.56. The molecule has 8 rings (SSSR count). The predicted octanol–water partition coefficient (Wildman–Crippen LogP) is 5.62. The number of nitrogens with zero attached hydrogens (tertiary/aromatic N) is 1. The molecule has 2 heterocycles. The van der Waals surface area contributed by atoms with Crippen LogP contribution in [0, 0.1) is 5.92 Å². The first kappa shape index (κ1) is 23.7. The standard InChI is InChI=1S/C34H35NO4/c36-27-15-16-34(38-22-25-9-5-2-6-10-25)29-19-26-13-14-28(37-21-24-7-3-1-4-8-24)31-30(26)33(34,32(27)39-31)17-18-35(29)20-23-11-12-23/h1-10,13-14,23,29,32H,11-12,15-22H2/t29-,32?,33+,34-/m1/s1. The molecular weight excluding hydrogens is 486 g/mol. The van der Waals surface area contributed by atoms with Crippen LogP contribution in [0.1, 0.15) is 54.4 Å². The maximum atomic E-state index is 13.7. The van der Waals surface area contributed by atoms with Gasteiger partial charge >= 0.3 is 0 Å². The van der Waals surface area contributed by atoms with E-state index in [2.05, 4.69) is 53.4 Å². The van der Waals surface area contributed by atoms with E-state index >= 15 is 0 Å². The van der Waals surface area contributed by atoms with E-state index in [1.165, 1.54) is 29.5 Å². The highest BCUT2D eigenvalue weighted by atomic mass is 16.5. The van der Waals surface area contributed by atoms with E-state index in [0.29, 0.717) is 19.6 Å². The molecule has 1 unspecified atom stereocenters. The van der Waals surface area contributed by atoms with Crippen LogP contribution in [0.3, 0.4) is 0 Å². The lowest BCUT2D eigenvalue weighted by molar-refractivity contribution is -0.218. The number of carbonyl (C=O) groups is 1. The lowest BCUT2D eigenvalue weighted by Gasteiger charge is -2.64. The van der Waals surface area contributed by atoms with Gasteiger partial charge in [-0.3, -0.25) is 9.69 Å². The normalized spacial score (nSPS) is 30.5. The van der Waals surface area contributed by atoms with Gasteiger partial charge in [-0.1, -0.05) is 66.7 Å². The molecule has 1 saturated heterocycles. The average Bonchev–Trinajstić information content (AvgIpc) is 3.72. The van der Waals surface area contributed by atoms with Crippen LogP contribution in [0.15, 0.2) is 72.8 Å². The molecule has 0 N–H and O–H groups in total. The second-order valence-corrected chi connectivity index (χ2v) is 12.2. The van der Waals surface area contributed by atoms with Gasteiger partial charge in [0.2, 0.25) is 0 Å². The molecule has 0 aromatic heterocycles. The lowest BCUT2D eigenvalue weighted by atomic mass is 9.48. The molecule has 39 heavy (non-hydrogen) atoms. The molecular formula is C34H35NO4. The Balaban J connectivity index is 1.24. The summed E-state index contributed by atoms with van der Waals surface area (Å²) in [7, 11) is 0. The summed E-state index contributed by atoms with van der Waals surface area (Å²) >= 11 is 0. The van der Waals surface area contributed by atoms with Crippen molar-refractivity contribution < 1.29 is 19.0 Å². The van der Waals surface area contributed by atoms with Gasteiger partial charge in [0.05, 0.1) is 17.6 Å². The number of carbonyl (C=O) groups excluding carboxylic acids is 1. The van der Waals surface area contributed by atoms with Gasteiger partial charge in [0, 0.05) is 24.6 Å². The van der Waals surface area contributed by atoms with Crippen LogP contribution >= 0.6 is 0 Å². The predicted molar refractivity (Wildman–Crippen MR) is 148 cm³/mol. The van der Waals surface area contributed by atoms with Crippen LogP contribution in [0.25, 0.3) is 0 Å². The van der Waals surface area contributed by atoms with E-state index in [1.807, 2.05) is 24.3 Å². The SMILES string of the molecule is O=C1CC[C@@]2(OCc3ccccc3)[C@H]3Cc4ccc(OCc5ccccc5)c5c4[C@@]2(CCN3CC2CC2)C1O5. The van der Waals surface area contributed by atoms with Crippen molar-refractivity contribution in [2.24, 2.45) is 5.92 Å². The fourth-order valence-electron chi connectivity index (χ4n) is 8.15. The summed E-state index contributed by atoms with van der Waals surface area (Å²) in [5.74, 6) is 2.54. The van der Waals surface area contributed by atoms with Gasteiger partial charge in [-0.15, -0.1) is 0 Å². The fourth-order valence-corrected chi connectivity index (χ4v) is 8.15.